The summed E-state index contributed by atoms with van der Waals surface area (Å²) in [6, 6.07) is 5.53. The van der Waals surface area contributed by atoms with Crippen molar-refractivity contribution in [3.05, 3.63) is 23.2 Å². The van der Waals surface area contributed by atoms with Crippen molar-refractivity contribution in [1.29, 1.82) is 0 Å². The van der Waals surface area contributed by atoms with E-state index in [0.717, 1.165) is 31.6 Å². The molecule has 1 aromatic rings. The van der Waals surface area contributed by atoms with Crippen molar-refractivity contribution in [2.24, 2.45) is 0 Å². The van der Waals surface area contributed by atoms with Crippen molar-refractivity contribution in [3.63, 3.8) is 0 Å². The summed E-state index contributed by atoms with van der Waals surface area (Å²) < 4.78 is 5.10. The lowest BCUT2D eigenvalue weighted by molar-refractivity contribution is -0.131. The van der Waals surface area contributed by atoms with Gasteiger partial charge in [-0.15, -0.1) is 0 Å². The Bertz CT molecular complexity index is 459. The fourth-order valence-electron chi connectivity index (χ4n) is 2.39. The van der Waals surface area contributed by atoms with Crippen LogP contribution in [0, 0.1) is 0 Å². The molecule has 1 aliphatic rings. The van der Waals surface area contributed by atoms with Gasteiger partial charge in [0.25, 0.3) is 0 Å². The molecule has 4 nitrogen and oxygen atoms in total. The number of nitrogens with zero attached hydrogens (tertiary/aromatic N) is 1. The number of nitrogens with one attached hydrogen (secondary N) is 1. The number of likely N-dealkylation sites (tertiary alicyclic amines) is 1. The normalized spacial score (nSPS) is 15.0. The summed E-state index contributed by atoms with van der Waals surface area (Å²) in [6.07, 6.45) is 4.02. The molecule has 1 saturated heterocycles. The van der Waals surface area contributed by atoms with Gasteiger partial charge in [0.1, 0.15) is 5.75 Å². The Morgan fingerprint density at radius 2 is 2.10 bits per heavy atom. The number of rotatable bonds is 5. The Labute approximate surface area is 125 Å². The fourth-order valence-corrected chi connectivity index (χ4v) is 2.65. The standard InChI is InChI=1S/C15H21ClN2O2/c1-20-14-6-5-12(11-13(14)16)17-8-7-15(19)18-9-3-2-4-10-18/h5-6,11,17H,2-4,7-10H2,1H3. The molecule has 5 heteroatoms. The molecule has 0 atom stereocenters. The van der Waals surface area contributed by atoms with Crippen LogP contribution < -0.4 is 10.1 Å². The number of hydrogen-bond acceptors (Lipinski definition) is 3. The molecule has 20 heavy (non-hydrogen) atoms. The van der Waals surface area contributed by atoms with E-state index in [4.69, 9.17) is 16.3 Å². The number of carbonyl (C=O) groups is 1. The van der Waals surface area contributed by atoms with Crippen molar-refractivity contribution in [3.8, 4) is 5.75 Å². The van der Waals surface area contributed by atoms with Crippen LogP contribution >= 0.6 is 11.6 Å². The van der Waals surface area contributed by atoms with E-state index in [2.05, 4.69) is 5.32 Å². The number of hydrogen-bond donors (Lipinski definition) is 1. The second kappa shape index (κ2) is 7.39. The minimum absolute atomic E-state index is 0.233. The monoisotopic (exact) mass is 296 g/mol. The molecule has 1 amide bonds. The van der Waals surface area contributed by atoms with Crippen molar-refractivity contribution in [1.82, 2.24) is 4.90 Å². The third-order valence-corrected chi connectivity index (χ3v) is 3.82. The van der Waals surface area contributed by atoms with E-state index in [1.54, 1.807) is 7.11 Å². The highest BCUT2D eigenvalue weighted by Crippen LogP contribution is 2.27. The number of methoxy groups -OCH3 is 1. The number of ether oxygens (including phenoxy) is 1. The van der Waals surface area contributed by atoms with Gasteiger partial charge < -0.3 is 15.0 Å². The average Bonchev–Trinajstić information content (AvgIpc) is 2.48. The van der Waals surface area contributed by atoms with Crippen LogP contribution in [0.3, 0.4) is 0 Å². The van der Waals surface area contributed by atoms with Gasteiger partial charge in [0.15, 0.2) is 0 Å². The molecule has 1 fully saturated rings. The van der Waals surface area contributed by atoms with Gasteiger partial charge in [-0.1, -0.05) is 11.6 Å². The molecule has 1 aliphatic heterocycles. The van der Waals surface area contributed by atoms with Gasteiger partial charge in [-0.2, -0.15) is 0 Å². The van der Waals surface area contributed by atoms with E-state index < -0.39 is 0 Å². The molecule has 0 aromatic heterocycles. The first-order valence-electron chi connectivity index (χ1n) is 7.06. The quantitative estimate of drug-likeness (QED) is 0.907. The Morgan fingerprint density at radius 3 is 2.75 bits per heavy atom. The van der Waals surface area contributed by atoms with E-state index in [9.17, 15) is 4.79 Å². The van der Waals surface area contributed by atoms with Crippen molar-refractivity contribution < 1.29 is 9.53 Å². The van der Waals surface area contributed by atoms with Gasteiger partial charge >= 0.3 is 0 Å². The van der Waals surface area contributed by atoms with Crippen LogP contribution in [0.4, 0.5) is 5.69 Å². The average molecular weight is 297 g/mol. The third-order valence-electron chi connectivity index (χ3n) is 3.53. The van der Waals surface area contributed by atoms with Gasteiger partial charge in [-0.25, -0.2) is 0 Å². The Hall–Kier alpha value is -1.42. The maximum Gasteiger partial charge on any atom is 0.224 e. The number of halogens is 1. The lowest BCUT2D eigenvalue weighted by Gasteiger charge is -2.26. The van der Waals surface area contributed by atoms with Crippen LogP contribution in [-0.4, -0.2) is 37.6 Å². The summed E-state index contributed by atoms with van der Waals surface area (Å²) in [5.74, 6) is 0.887. The van der Waals surface area contributed by atoms with Crippen molar-refractivity contribution in [2.75, 3.05) is 32.1 Å². The molecule has 0 aliphatic carbocycles. The molecular weight excluding hydrogens is 276 g/mol. The van der Waals surface area contributed by atoms with Crippen LogP contribution in [0.1, 0.15) is 25.7 Å². The minimum Gasteiger partial charge on any atom is -0.495 e. The number of amides is 1. The van der Waals surface area contributed by atoms with Crippen LogP contribution in [0.2, 0.25) is 5.02 Å². The molecule has 1 N–H and O–H groups in total. The predicted molar refractivity (Wildman–Crippen MR) is 81.5 cm³/mol. The maximum atomic E-state index is 12.0. The number of piperidine rings is 1. The minimum atomic E-state index is 0.233. The van der Waals surface area contributed by atoms with E-state index in [-0.39, 0.29) is 5.91 Å². The number of carbonyl (C=O) groups excluding carboxylic acids is 1. The van der Waals surface area contributed by atoms with Gasteiger partial charge in [-0.05, 0) is 37.5 Å². The molecule has 0 saturated carbocycles. The first-order valence-corrected chi connectivity index (χ1v) is 7.43. The van der Waals surface area contributed by atoms with Crippen LogP contribution in [0.25, 0.3) is 0 Å². The lowest BCUT2D eigenvalue weighted by Crippen LogP contribution is -2.36. The van der Waals surface area contributed by atoms with E-state index in [1.807, 2.05) is 23.1 Å². The smallest absolute Gasteiger partial charge is 0.224 e. The summed E-state index contributed by atoms with van der Waals surface area (Å²) in [7, 11) is 1.59. The molecule has 0 radical (unpaired) electrons. The zero-order valence-electron chi connectivity index (χ0n) is 11.8. The van der Waals surface area contributed by atoms with Gasteiger partial charge in [0.2, 0.25) is 5.91 Å². The molecule has 0 unspecified atom stereocenters. The lowest BCUT2D eigenvalue weighted by atomic mass is 10.1. The summed E-state index contributed by atoms with van der Waals surface area (Å²) in [5.41, 5.74) is 0.905. The summed E-state index contributed by atoms with van der Waals surface area (Å²) in [5, 5.41) is 3.79. The van der Waals surface area contributed by atoms with E-state index >= 15 is 0 Å². The summed E-state index contributed by atoms with van der Waals surface area (Å²) in [4.78, 5) is 14.0. The summed E-state index contributed by atoms with van der Waals surface area (Å²) >= 11 is 6.05. The molecule has 110 valence electrons. The fraction of sp³-hybridized carbons (Fsp3) is 0.533. The Balaban J connectivity index is 1.77. The highest BCUT2D eigenvalue weighted by Gasteiger charge is 2.15. The second-order valence-corrected chi connectivity index (χ2v) is 5.37. The molecule has 1 aromatic carbocycles. The predicted octanol–water partition coefficient (Wildman–Crippen LogP) is 3.16. The molecule has 0 bridgehead atoms. The van der Waals surface area contributed by atoms with Crippen molar-refractivity contribution in [2.45, 2.75) is 25.7 Å². The summed E-state index contributed by atoms with van der Waals surface area (Å²) in [6.45, 7) is 2.44. The first-order chi connectivity index (χ1) is 9.70. The SMILES string of the molecule is COc1ccc(NCCC(=O)N2CCCCC2)cc1Cl. The topological polar surface area (TPSA) is 41.6 Å². The maximum absolute atomic E-state index is 12.0. The highest BCUT2D eigenvalue weighted by molar-refractivity contribution is 6.32. The van der Waals surface area contributed by atoms with E-state index in [0.29, 0.717) is 23.7 Å². The van der Waals surface area contributed by atoms with Crippen molar-refractivity contribution >= 4 is 23.2 Å². The highest BCUT2D eigenvalue weighted by atomic mass is 35.5. The number of anilines is 1. The van der Waals surface area contributed by atoms with Gasteiger partial charge in [-0.3, -0.25) is 4.79 Å². The molecule has 1 heterocycles. The van der Waals surface area contributed by atoms with E-state index in [1.165, 1.54) is 6.42 Å². The Morgan fingerprint density at radius 1 is 1.35 bits per heavy atom. The van der Waals surface area contributed by atoms with Gasteiger partial charge in [0, 0.05) is 31.7 Å². The Kier molecular flexibility index (Phi) is 5.53. The van der Waals surface area contributed by atoms with Crippen LogP contribution in [0.15, 0.2) is 18.2 Å². The molecular formula is C15H21ClN2O2. The molecule has 0 spiro atoms. The largest absolute Gasteiger partial charge is 0.495 e. The zero-order chi connectivity index (χ0) is 14.4. The van der Waals surface area contributed by atoms with Gasteiger partial charge in [0.05, 0.1) is 12.1 Å². The van der Waals surface area contributed by atoms with Crippen LogP contribution in [-0.2, 0) is 4.79 Å². The number of benzene rings is 1. The third kappa shape index (κ3) is 4.04. The zero-order valence-corrected chi connectivity index (χ0v) is 12.6. The second-order valence-electron chi connectivity index (χ2n) is 4.97. The van der Waals surface area contributed by atoms with Crippen LogP contribution in [0.5, 0.6) is 5.75 Å². The molecule has 2 rings (SSSR count). The first kappa shape index (κ1) is 15.0.